The smallest absolute Gasteiger partial charge is 0.350 e. The number of allylic oxidation sites excluding steroid dienone is 1. The number of amides is 1. The molecule has 0 saturated carbocycles. The summed E-state index contributed by atoms with van der Waals surface area (Å²) in [6, 6.07) is 0.329. The molecule has 280 valence electrons. The molecule has 5 aliphatic heterocycles. The number of nitrogens with zero attached hydrogens (tertiary/aromatic N) is 2. The molecule has 5 rings (SSSR count). The van der Waals surface area contributed by atoms with Gasteiger partial charge in [-0.15, -0.1) is 0 Å². The van der Waals surface area contributed by atoms with Crippen molar-refractivity contribution in [2.24, 2.45) is 5.92 Å². The summed E-state index contributed by atoms with van der Waals surface area (Å²) in [4.78, 5) is 28.8. The number of aliphatic hydroxyl groups excluding tert-OH is 1. The fraction of sp³-hybridized carbons (Fsp3) is 0.868. The number of halogens is 1. The van der Waals surface area contributed by atoms with Crippen molar-refractivity contribution in [3.63, 3.8) is 0 Å². The Morgan fingerprint density at radius 3 is 2.63 bits per heavy atom. The molecular weight excluding hydrogens is 644 g/mol. The average Bonchev–Trinajstić information content (AvgIpc) is 3.36. The lowest BCUT2D eigenvalue weighted by molar-refractivity contribution is -0.609. The summed E-state index contributed by atoms with van der Waals surface area (Å²) in [5, 5.41) is 17.9. The van der Waals surface area contributed by atoms with E-state index in [1.807, 2.05) is 4.90 Å². The van der Waals surface area contributed by atoms with Crippen molar-refractivity contribution in [2.45, 2.75) is 185 Å². The highest BCUT2D eigenvalue weighted by Crippen LogP contribution is 2.45. The molecule has 0 radical (unpaired) electrons. The third-order valence-corrected chi connectivity index (χ3v) is 11.3. The van der Waals surface area contributed by atoms with Gasteiger partial charge in [0, 0.05) is 38.8 Å². The first-order chi connectivity index (χ1) is 23.2. The van der Waals surface area contributed by atoms with Gasteiger partial charge >= 0.3 is 11.9 Å². The summed E-state index contributed by atoms with van der Waals surface area (Å²) in [6.45, 7) is 10.00. The molecule has 0 aromatic carbocycles. The number of unbranched alkanes of at least 4 members (excludes halogenated alkanes) is 4. The van der Waals surface area contributed by atoms with E-state index in [1.54, 1.807) is 0 Å². The summed E-state index contributed by atoms with van der Waals surface area (Å²) >= 11 is 0. The van der Waals surface area contributed by atoms with Crippen molar-refractivity contribution in [1.29, 1.82) is 0 Å². The number of rotatable bonds is 16. The molecule has 0 aromatic heterocycles. The van der Waals surface area contributed by atoms with Crippen LogP contribution in [-0.2, 0) is 23.8 Å². The van der Waals surface area contributed by atoms with E-state index in [0.29, 0.717) is 32.2 Å². The van der Waals surface area contributed by atoms with Crippen LogP contribution in [0.1, 0.15) is 143 Å². The van der Waals surface area contributed by atoms with Gasteiger partial charge in [0.1, 0.15) is 0 Å². The maximum atomic E-state index is 14.0. The van der Waals surface area contributed by atoms with E-state index >= 15 is 0 Å². The highest BCUT2D eigenvalue weighted by molar-refractivity contribution is 5.82. The lowest BCUT2D eigenvalue weighted by Gasteiger charge is -2.50. The molecule has 10 nitrogen and oxygen atoms in total. The zero-order valence-corrected chi connectivity index (χ0v) is 31.5. The number of guanidine groups is 1. The van der Waals surface area contributed by atoms with Crippen molar-refractivity contribution < 1.29 is 45.9 Å². The molecule has 49 heavy (non-hydrogen) atoms. The van der Waals surface area contributed by atoms with Gasteiger partial charge in [0.2, 0.25) is 11.6 Å². The molecule has 8 atom stereocenters. The standard InChI is InChI=1S/C38H64N4O6.ClH/c1-5-8-24-41(27-30(43)16-6-2)33(44)19-11-9-10-14-25-46-35(45)34-32-21-20-29-26-37(22-13-12-18-31(7-3)48-37)39-36(42(29)32)40-38(34)23-15-17-28(4)47-38;/h12,18,28-32,34,43H,5-11,13-17,19-27H2,1-4H3,(H,39,40);1H/t28-,29+,30+,31+,32-,34-,37+,38-;/m1./s1. The quantitative estimate of drug-likeness (QED) is 0.0972. The molecule has 0 aromatic rings. The number of aliphatic hydroxyl groups is 1. The average molecular weight is 709 g/mol. The third kappa shape index (κ3) is 9.72. The van der Waals surface area contributed by atoms with Crippen LogP contribution in [-0.4, -0.2) is 94.0 Å². The van der Waals surface area contributed by atoms with Gasteiger partial charge in [0.25, 0.3) is 0 Å². The minimum atomic E-state index is -0.798. The van der Waals surface area contributed by atoms with E-state index in [1.165, 1.54) is 0 Å². The lowest BCUT2D eigenvalue weighted by atomic mass is 9.80. The lowest BCUT2D eigenvalue weighted by Crippen LogP contribution is -3.00. The van der Waals surface area contributed by atoms with Crippen molar-refractivity contribution in [1.82, 2.24) is 15.5 Å². The Bertz CT molecular complexity index is 1150. The van der Waals surface area contributed by atoms with Crippen LogP contribution < -0.4 is 23.0 Å². The van der Waals surface area contributed by atoms with Crippen LogP contribution in [0.2, 0.25) is 0 Å². The largest absolute Gasteiger partial charge is 1.00 e. The molecule has 5 heterocycles. The zero-order valence-electron chi connectivity index (χ0n) is 30.7. The maximum Gasteiger partial charge on any atom is 0.350 e. The van der Waals surface area contributed by atoms with Gasteiger partial charge in [-0.1, -0.05) is 58.6 Å². The van der Waals surface area contributed by atoms with E-state index in [4.69, 9.17) is 14.2 Å². The topological polar surface area (TPSA) is 112 Å². The SMILES string of the molecule is CCCCN(C[C@@H](O)CCC)C(=O)CCCCCCOC(=O)[C@H]1[C@H]2CC[C@H]3C[C@@]4(CCC=C[C@H](CC)O4)NC(=[N+]32)N[C@@]12CCC[C@@H](C)O2.[Cl-]. The number of carbonyl (C=O) groups excluding carboxylic acids is 2. The number of carbonyl (C=O) groups is 2. The molecule has 1 amide bonds. The molecule has 11 heteroatoms. The highest BCUT2D eigenvalue weighted by atomic mass is 35.5. The van der Waals surface area contributed by atoms with E-state index in [2.05, 4.69) is 55.1 Å². The minimum Gasteiger partial charge on any atom is -1.00 e. The van der Waals surface area contributed by atoms with Gasteiger partial charge in [-0.2, -0.15) is 0 Å². The molecule has 5 aliphatic rings. The molecule has 0 bridgehead atoms. The Hall–Kier alpha value is -1.88. The molecule has 2 spiro atoms. The number of esters is 1. The summed E-state index contributed by atoms with van der Waals surface area (Å²) in [5.41, 5.74) is -1.22. The molecule has 2 saturated heterocycles. The highest BCUT2D eigenvalue weighted by Gasteiger charge is 2.64. The fourth-order valence-corrected chi connectivity index (χ4v) is 8.89. The number of hydrogen-bond donors (Lipinski definition) is 3. The maximum absolute atomic E-state index is 14.0. The Morgan fingerprint density at radius 1 is 1.06 bits per heavy atom. The molecule has 2 fully saturated rings. The first-order valence-corrected chi connectivity index (χ1v) is 19.6. The van der Waals surface area contributed by atoms with Crippen molar-refractivity contribution >= 4 is 17.8 Å². The molecule has 0 aliphatic carbocycles. The van der Waals surface area contributed by atoms with Crippen molar-refractivity contribution in [3.8, 4) is 0 Å². The zero-order chi connectivity index (χ0) is 34.1. The van der Waals surface area contributed by atoms with E-state index < -0.39 is 23.5 Å². The Morgan fingerprint density at radius 2 is 1.88 bits per heavy atom. The van der Waals surface area contributed by atoms with Gasteiger partial charge in [0.15, 0.2) is 11.6 Å². The second-order valence-electron chi connectivity index (χ2n) is 15.2. The molecule has 0 unspecified atom stereocenters. The number of ether oxygens (including phenoxy) is 3. The van der Waals surface area contributed by atoms with Crippen LogP contribution in [0.3, 0.4) is 0 Å². The summed E-state index contributed by atoms with van der Waals surface area (Å²) < 4.78 is 22.0. The predicted molar refractivity (Wildman–Crippen MR) is 186 cm³/mol. The van der Waals surface area contributed by atoms with Gasteiger partial charge in [-0.25, -0.2) is 10.6 Å². The van der Waals surface area contributed by atoms with Gasteiger partial charge in [0.05, 0.1) is 37.0 Å². The summed E-state index contributed by atoms with van der Waals surface area (Å²) in [7, 11) is 0. The van der Waals surface area contributed by atoms with Crippen LogP contribution in [0.25, 0.3) is 0 Å². The van der Waals surface area contributed by atoms with Crippen LogP contribution in [0, 0.1) is 5.92 Å². The second kappa shape index (κ2) is 18.6. The normalized spacial score (nSPS) is 32.5. The van der Waals surface area contributed by atoms with E-state index in [9.17, 15) is 14.7 Å². The fourth-order valence-electron chi connectivity index (χ4n) is 8.89. The van der Waals surface area contributed by atoms with E-state index in [-0.39, 0.29) is 42.5 Å². The summed E-state index contributed by atoms with van der Waals surface area (Å²) in [6.07, 6.45) is 20.2. The Kier molecular flexibility index (Phi) is 15.1. The van der Waals surface area contributed by atoms with Gasteiger partial charge in [-0.3, -0.25) is 14.2 Å². The van der Waals surface area contributed by atoms with Crippen LogP contribution in [0.4, 0.5) is 0 Å². The van der Waals surface area contributed by atoms with E-state index in [0.717, 1.165) is 115 Å². The van der Waals surface area contributed by atoms with Crippen LogP contribution in [0.5, 0.6) is 0 Å². The number of hydrogen-bond acceptors (Lipinski definition) is 8. The minimum absolute atomic E-state index is 0. The molecule has 3 N–H and O–H groups in total. The Balaban J connectivity index is 0.00000541. The summed E-state index contributed by atoms with van der Waals surface area (Å²) in [5.74, 6) is 0.541. The van der Waals surface area contributed by atoms with Crippen LogP contribution >= 0.6 is 0 Å². The second-order valence-corrected chi connectivity index (χ2v) is 15.2. The third-order valence-electron chi connectivity index (χ3n) is 11.3. The van der Waals surface area contributed by atoms with Crippen LogP contribution in [0.15, 0.2) is 12.2 Å². The van der Waals surface area contributed by atoms with Crippen molar-refractivity contribution in [2.75, 3.05) is 19.7 Å². The first-order valence-electron chi connectivity index (χ1n) is 19.6. The predicted octanol–water partition coefficient (Wildman–Crippen LogP) is 2.51. The van der Waals surface area contributed by atoms with Gasteiger partial charge < -0.3 is 36.6 Å². The Labute approximate surface area is 301 Å². The monoisotopic (exact) mass is 708 g/mol. The van der Waals surface area contributed by atoms with Gasteiger partial charge in [-0.05, 0) is 71.1 Å². The molecular formula is C38H65ClN4O6. The number of nitrogens with one attached hydrogen (secondary N) is 2. The van der Waals surface area contributed by atoms with Crippen molar-refractivity contribution in [3.05, 3.63) is 12.2 Å². The first kappa shape index (κ1) is 39.9.